The van der Waals surface area contributed by atoms with E-state index in [1.807, 2.05) is 0 Å². The third kappa shape index (κ3) is 2.75. The van der Waals surface area contributed by atoms with Crippen molar-refractivity contribution >= 4 is 56.5 Å². The number of benzene rings is 1. The number of carbonyl (C=O) groups excluding carboxylic acids is 1. The maximum atomic E-state index is 13.0. The van der Waals surface area contributed by atoms with E-state index >= 15 is 0 Å². The predicted molar refractivity (Wildman–Crippen MR) is 94.5 cm³/mol. The molecule has 3 aromatic rings. The third-order valence-electron chi connectivity index (χ3n) is 3.77. The summed E-state index contributed by atoms with van der Waals surface area (Å²) in [6.45, 7) is 0. The van der Waals surface area contributed by atoms with Crippen molar-refractivity contribution in [1.29, 1.82) is 0 Å². The minimum Gasteiger partial charge on any atom is -0.309 e. The number of pyridine rings is 1. The van der Waals surface area contributed by atoms with Crippen LogP contribution >= 0.6 is 34.5 Å². The first-order valence-electron chi connectivity index (χ1n) is 7.19. The van der Waals surface area contributed by atoms with Crippen LogP contribution in [0.5, 0.6) is 0 Å². The Hall–Kier alpha value is -1.76. The number of hydrogen-bond donors (Lipinski definition) is 1. The third-order valence-corrected chi connectivity index (χ3v) is 5.50. The normalized spacial score (nSPS) is 19.5. The number of thiazole rings is 1. The summed E-state index contributed by atoms with van der Waals surface area (Å²) in [5, 5.41) is 4.32. The fourth-order valence-corrected chi connectivity index (χ4v) is 4.16. The number of aromatic nitrogens is 2. The molecule has 2 heterocycles. The van der Waals surface area contributed by atoms with Crippen molar-refractivity contribution in [2.24, 2.45) is 5.92 Å². The van der Waals surface area contributed by atoms with E-state index in [2.05, 4.69) is 15.3 Å². The zero-order valence-electron chi connectivity index (χ0n) is 12.1. The van der Waals surface area contributed by atoms with E-state index in [0.29, 0.717) is 36.7 Å². The van der Waals surface area contributed by atoms with Gasteiger partial charge in [0.2, 0.25) is 5.91 Å². The van der Waals surface area contributed by atoms with Gasteiger partial charge in [-0.3, -0.25) is 4.79 Å². The minimum atomic E-state index is -1.05. The molecular formula is C16H10Cl2FN3OS. The van der Waals surface area contributed by atoms with Crippen LogP contribution in [0.1, 0.15) is 6.42 Å². The summed E-state index contributed by atoms with van der Waals surface area (Å²) in [5.74, 6) is -0.552. The minimum absolute atomic E-state index is 0.269. The van der Waals surface area contributed by atoms with E-state index in [1.165, 1.54) is 11.3 Å². The molecule has 2 aromatic heterocycles. The number of fused-ring (bicyclic) bond motifs is 1. The molecule has 1 N–H and O–H groups in total. The van der Waals surface area contributed by atoms with Crippen molar-refractivity contribution in [3.8, 4) is 10.6 Å². The topological polar surface area (TPSA) is 54.9 Å². The molecule has 1 aliphatic rings. The molecule has 24 heavy (non-hydrogen) atoms. The molecule has 4 rings (SSSR count). The van der Waals surface area contributed by atoms with Crippen molar-refractivity contribution in [3.05, 3.63) is 40.5 Å². The fraction of sp³-hybridized carbons (Fsp3) is 0.188. The second-order valence-electron chi connectivity index (χ2n) is 5.47. The Kier molecular flexibility index (Phi) is 3.90. The van der Waals surface area contributed by atoms with Gasteiger partial charge in [0, 0.05) is 11.8 Å². The van der Waals surface area contributed by atoms with Crippen LogP contribution in [0.3, 0.4) is 0 Å². The van der Waals surface area contributed by atoms with Crippen LogP contribution in [0, 0.1) is 5.92 Å². The standard InChI is InChI=1S/C16H10Cl2FN3OS/c17-8-2-1-3-9(18)12(8)16-21-11-4-5-20-14(13(11)24-16)22-15(23)7-6-10(7)19/h1-5,7,10H,6H2,(H,20,22,23). The van der Waals surface area contributed by atoms with Gasteiger partial charge in [-0.25, -0.2) is 14.4 Å². The van der Waals surface area contributed by atoms with Crippen LogP contribution < -0.4 is 5.32 Å². The molecule has 1 aliphatic carbocycles. The van der Waals surface area contributed by atoms with E-state index in [1.54, 1.807) is 30.5 Å². The first-order valence-corrected chi connectivity index (χ1v) is 8.76. The highest BCUT2D eigenvalue weighted by atomic mass is 35.5. The van der Waals surface area contributed by atoms with Gasteiger partial charge in [-0.05, 0) is 24.6 Å². The number of halogens is 3. The summed E-state index contributed by atoms with van der Waals surface area (Å²) in [6, 6.07) is 6.98. The fourth-order valence-electron chi connectivity index (χ4n) is 2.40. The monoisotopic (exact) mass is 381 g/mol. The van der Waals surface area contributed by atoms with Crippen molar-refractivity contribution in [2.75, 3.05) is 5.32 Å². The molecule has 2 unspecified atom stereocenters. The van der Waals surface area contributed by atoms with Crippen LogP contribution in [0.4, 0.5) is 10.2 Å². The van der Waals surface area contributed by atoms with E-state index in [0.717, 1.165) is 0 Å². The molecule has 1 saturated carbocycles. The Balaban J connectivity index is 1.76. The summed E-state index contributed by atoms with van der Waals surface area (Å²) < 4.78 is 13.7. The summed E-state index contributed by atoms with van der Waals surface area (Å²) >= 11 is 13.8. The van der Waals surface area contributed by atoms with E-state index in [-0.39, 0.29) is 12.3 Å². The second kappa shape index (κ2) is 5.95. The van der Waals surface area contributed by atoms with Gasteiger partial charge in [0.1, 0.15) is 11.2 Å². The molecule has 122 valence electrons. The zero-order chi connectivity index (χ0) is 16.8. The van der Waals surface area contributed by atoms with Crippen LogP contribution in [0.2, 0.25) is 10.0 Å². The molecule has 0 aliphatic heterocycles. The summed E-state index contributed by atoms with van der Waals surface area (Å²) in [5.41, 5.74) is 1.31. The number of rotatable bonds is 3. The molecule has 1 fully saturated rings. The maximum Gasteiger partial charge on any atom is 0.231 e. The number of alkyl halides is 1. The lowest BCUT2D eigenvalue weighted by Crippen LogP contribution is -2.15. The summed E-state index contributed by atoms with van der Waals surface area (Å²) in [4.78, 5) is 20.7. The average Bonchev–Trinajstić information content (AvgIpc) is 3.11. The largest absolute Gasteiger partial charge is 0.309 e. The number of hydrogen-bond acceptors (Lipinski definition) is 4. The Labute approximate surface area is 150 Å². The average molecular weight is 382 g/mol. The molecule has 2 atom stereocenters. The molecule has 0 bridgehead atoms. The zero-order valence-corrected chi connectivity index (χ0v) is 14.4. The van der Waals surface area contributed by atoms with Gasteiger partial charge >= 0.3 is 0 Å². The van der Waals surface area contributed by atoms with Crippen molar-refractivity contribution in [3.63, 3.8) is 0 Å². The molecule has 1 amide bonds. The molecule has 1 aromatic carbocycles. The van der Waals surface area contributed by atoms with Crippen LogP contribution in [0.15, 0.2) is 30.5 Å². The van der Waals surface area contributed by atoms with Crippen LogP contribution in [0.25, 0.3) is 20.8 Å². The smallest absolute Gasteiger partial charge is 0.231 e. The van der Waals surface area contributed by atoms with Crippen molar-refractivity contribution in [2.45, 2.75) is 12.6 Å². The Morgan fingerprint density at radius 3 is 2.67 bits per heavy atom. The molecule has 4 nitrogen and oxygen atoms in total. The van der Waals surface area contributed by atoms with Gasteiger partial charge in [0.25, 0.3) is 0 Å². The van der Waals surface area contributed by atoms with Gasteiger partial charge in [-0.2, -0.15) is 0 Å². The van der Waals surface area contributed by atoms with Gasteiger partial charge in [-0.15, -0.1) is 11.3 Å². The van der Waals surface area contributed by atoms with Gasteiger partial charge in [-0.1, -0.05) is 29.3 Å². The number of amides is 1. The van der Waals surface area contributed by atoms with E-state index in [9.17, 15) is 9.18 Å². The Morgan fingerprint density at radius 1 is 1.29 bits per heavy atom. The molecule has 0 spiro atoms. The van der Waals surface area contributed by atoms with Crippen molar-refractivity contribution < 1.29 is 9.18 Å². The SMILES string of the molecule is O=C(Nc1nccc2nc(-c3c(Cl)cccc3Cl)sc12)C1CC1F. The molecular weight excluding hydrogens is 372 g/mol. The van der Waals surface area contributed by atoms with Crippen molar-refractivity contribution in [1.82, 2.24) is 9.97 Å². The first-order chi connectivity index (χ1) is 11.5. The molecule has 0 radical (unpaired) electrons. The van der Waals surface area contributed by atoms with E-state index in [4.69, 9.17) is 23.2 Å². The predicted octanol–water partition coefficient (Wildman–Crippen LogP) is 4.96. The summed E-state index contributed by atoms with van der Waals surface area (Å²) in [6.07, 6.45) is 0.767. The van der Waals surface area contributed by atoms with Crippen LogP contribution in [-0.2, 0) is 4.79 Å². The lowest BCUT2D eigenvalue weighted by Gasteiger charge is -2.03. The summed E-state index contributed by atoms with van der Waals surface area (Å²) in [7, 11) is 0. The number of carbonyl (C=O) groups is 1. The van der Waals surface area contributed by atoms with Gasteiger partial charge in [0.05, 0.1) is 26.2 Å². The first kappa shape index (κ1) is 15.7. The highest BCUT2D eigenvalue weighted by Gasteiger charge is 2.43. The quantitative estimate of drug-likeness (QED) is 0.697. The molecule has 8 heteroatoms. The number of anilines is 1. The highest BCUT2D eigenvalue weighted by molar-refractivity contribution is 7.22. The Bertz CT molecular complexity index is 941. The second-order valence-corrected chi connectivity index (χ2v) is 7.28. The lowest BCUT2D eigenvalue weighted by molar-refractivity contribution is -0.117. The highest BCUT2D eigenvalue weighted by Crippen LogP contribution is 2.41. The van der Waals surface area contributed by atoms with Crippen LogP contribution in [-0.4, -0.2) is 22.0 Å². The number of nitrogens with one attached hydrogen (secondary N) is 1. The lowest BCUT2D eigenvalue weighted by atomic mass is 10.2. The van der Waals surface area contributed by atoms with Gasteiger partial charge < -0.3 is 5.32 Å². The maximum absolute atomic E-state index is 13.0. The molecule has 0 saturated heterocycles. The number of nitrogens with zero attached hydrogens (tertiary/aromatic N) is 2. The van der Waals surface area contributed by atoms with Gasteiger partial charge in [0.15, 0.2) is 5.82 Å². The Morgan fingerprint density at radius 2 is 2.00 bits per heavy atom. The van der Waals surface area contributed by atoms with E-state index < -0.39 is 12.1 Å².